The summed E-state index contributed by atoms with van der Waals surface area (Å²) in [5, 5.41) is 0. The van der Waals surface area contributed by atoms with Gasteiger partial charge in [-0.3, -0.25) is 0 Å². The average Bonchev–Trinajstić information content (AvgIpc) is 2.73. The van der Waals surface area contributed by atoms with Gasteiger partial charge in [-0.05, 0) is 44.2 Å². The minimum absolute atomic E-state index is 0.0256. The van der Waals surface area contributed by atoms with Gasteiger partial charge in [0.1, 0.15) is 21.9 Å². The van der Waals surface area contributed by atoms with Crippen LogP contribution >= 0.6 is 0 Å². The highest BCUT2D eigenvalue weighted by Crippen LogP contribution is 2.30. The van der Waals surface area contributed by atoms with Crippen molar-refractivity contribution in [3.63, 3.8) is 0 Å². The maximum absolute atomic E-state index is 13.1. The van der Waals surface area contributed by atoms with Crippen LogP contribution in [0.4, 0.5) is 0 Å². The van der Waals surface area contributed by atoms with Crippen molar-refractivity contribution >= 4 is 10.0 Å². The lowest BCUT2D eigenvalue weighted by Crippen LogP contribution is -3.22. The molecule has 2 fully saturated rings. The summed E-state index contributed by atoms with van der Waals surface area (Å²) in [5.41, 5.74) is 0.0256. The average molecular weight is 398 g/mol. The SMILES string of the molecule is COc1ccc(OC)c(S(=O)(=O)NCC2([NH+]3CCCCC3)CCCCC2)c1. The Morgan fingerprint density at radius 1 is 1.00 bits per heavy atom. The number of nitrogens with one attached hydrogen (secondary N) is 2. The highest BCUT2D eigenvalue weighted by Gasteiger charge is 2.43. The van der Waals surface area contributed by atoms with Crippen molar-refractivity contribution in [2.75, 3.05) is 33.9 Å². The third kappa shape index (κ3) is 4.58. The van der Waals surface area contributed by atoms with E-state index < -0.39 is 10.0 Å². The number of rotatable bonds is 7. The summed E-state index contributed by atoms with van der Waals surface area (Å²) in [6, 6.07) is 4.88. The van der Waals surface area contributed by atoms with Gasteiger partial charge in [0.05, 0.1) is 33.9 Å². The van der Waals surface area contributed by atoms with Gasteiger partial charge >= 0.3 is 0 Å². The molecule has 1 aliphatic heterocycles. The summed E-state index contributed by atoms with van der Waals surface area (Å²) in [5.74, 6) is 0.844. The monoisotopic (exact) mass is 397 g/mol. The Morgan fingerprint density at radius 2 is 1.67 bits per heavy atom. The predicted octanol–water partition coefficient (Wildman–Crippen LogP) is 1.75. The highest BCUT2D eigenvalue weighted by atomic mass is 32.2. The molecule has 0 bridgehead atoms. The summed E-state index contributed by atoms with van der Waals surface area (Å²) >= 11 is 0. The van der Waals surface area contributed by atoms with E-state index in [1.807, 2.05) is 0 Å². The topological polar surface area (TPSA) is 69.1 Å². The van der Waals surface area contributed by atoms with E-state index >= 15 is 0 Å². The maximum atomic E-state index is 13.1. The van der Waals surface area contributed by atoms with Gasteiger partial charge in [-0.2, -0.15) is 0 Å². The zero-order valence-corrected chi connectivity index (χ0v) is 17.4. The van der Waals surface area contributed by atoms with Crippen LogP contribution in [0.15, 0.2) is 23.1 Å². The van der Waals surface area contributed by atoms with Gasteiger partial charge in [0.25, 0.3) is 0 Å². The van der Waals surface area contributed by atoms with Crippen LogP contribution in [0.2, 0.25) is 0 Å². The summed E-state index contributed by atoms with van der Waals surface area (Å²) in [6.07, 6.45) is 9.61. The van der Waals surface area contributed by atoms with Gasteiger partial charge in [-0.1, -0.05) is 6.42 Å². The fourth-order valence-electron chi connectivity index (χ4n) is 4.70. The molecule has 6 nitrogen and oxygen atoms in total. The molecule has 1 saturated heterocycles. The molecule has 1 aromatic carbocycles. The smallest absolute Gasteiger partial charge is 0.244 e. The van der Waals surface area contributed by atoms with E-state index in [0.29, 0.717) is 18.0 Å². The van der Waals surface area contributed by atoms with Crippen LogP contribution in [0.5, 0.6) is 11.5 Å². The molecule has 2 aliphatic rings. The molecule has 2 N–H and O–H groups in total. The lowest BCUT2D eigenvalue weighted by molar-refractivity contribution is -0.957. The molecule has 0 aromatic heterocycles. The van der Waals surface area contributed by atoms with Gasteiger partial charge < -0.3 is 14.4 Å². The first-order valence-corrected chi connectivity index (χ1v) is 11.6. The van der Waals surface area contributed by atoms with E-state index in [-0.39, 0.29) is 10.4 Å². The van der Waals surface area contributed by atoms with Crippen LogP contribution in [0.25, 0.3) is 0 Å². The molecular formula is C20H33N2O4S+. The van der Waals surface area contributed by atoms with E-state index in [0.717, 1.165) is 25.9 Å². The zero-order chi connectivity index (χ0) is 19.3. The molecule has 0 atom stereocenters. The van der Waals surface area contributed by atoms with Crippen LogP contribution in [-0.2, 0) is 10.0 Å². The molecule has 1 aliphatic carbocycles. The molecule has 0 radical (unpaired) electrons. The number of benzene rings is 1. The first-order valence-electron chi connectivity index (χ1n) is 10.1. The van der Waals surface area contributed by atoms with Crippen LogP contribution < -0.4 is 19.1 Å². The Labute approximate surface area is 163 Å². The quantitative estimate of drug-likeness (QED) is 0.736. The second-order valence-electron chi connectivity index (χ2n) is 7.85. The number of hydrogen-bond donors (Lipinski definition) is 2. The van der Waals surface area contributed by atoms with Crippen LogP contribution in [0, 0.1) is 0 Å². The molecule has 0 spiro atoms. The third-order valence-corrected chi connectivity index (χ3v) is 7.70. The summed E-state index contributed by atoms with van der Waals surface area (Å²) in [7, 11) is -0.663. The van der Waals surface area contributed by atoms with Crippen LogP contribution in [-0.4, -0.2) is 47.8 Å². The Balaban J connectivity index is 1.82. The molecule has 152 valence electrons. The molecule has 7 heteroatoms. The normalized spacial score (nSPS) is 21.0. The minimum Gasteiger partial charge on any atom is -0.497 e. The first-order chi connectivity index (χ1) is 13.0. The second kappa shape index (κ2) is 8.80. The minimum atomic E-state index is -3.68. The number of hydrogen-bond acceptors (Lipinski definition) is 4. The molecule has 0 amide bonds. The molecule has 3 rings (SSSR count). The Kier molecular flexibility index (Phi) is 6.65. The summed E-state index contributed by atoms with van der Waals surface area (Å²) in [4.78, 5) is 1.73. The Hall–Kier alpha value is -1.31. The standard InChI is InChI=1S/C20H32N2O4S/c1-25-17-9-10-18(26-2)19(15-17)27(23,24)21-16-20(11-5-3-6-12-20)22-13-7-4-8-14-22/h9-10,15,21H,3-8,11-14,16H2,1-2H3/p+1. The molecule has 27 heavy (non-hydrogen) atoms. The van der Waals surface area contributed by atoms with Gasteiger partial charge in [-0.15, -0.1) is 0 Å². The highest BCUT2D eigenvalue weighted by molar-refractivity contribution is 7.89. The summed E-state index contributed by atoms with van der Waals surface area (Å²) in [6.45, 7) is 2.81. The van der Waals surface area contributed by atoms with E-state index in [1.54, 1.807) is 17.0 Å². The summed E-state index contributed by atoms with van der Waals surface area (Å²) < 4.78 is 39.6. The first kappa shape index (κ1) is 20.4. The molecule has 1 saturated carbocycles. The fourth-order valence-corrected chi connectivity index (χ4v) is 6.01. The maximum Gasteiger partial charge on any atom is 0.244 e. The lowest BCUT2D eigenvalue weighted by Gasteiger charge is -2.45. The number of ether oxygens (including phenoxy) is 2. The van der Waals surface area contributed by atoms with Gasteiger partial charge in [0.2, 0.25) is 10.0 Å². The number of methoxy groups -OCH3 is 2. The van der Waals surface area contributed by atoms with E-state index in [1.165, 1.54) is 58.8 Å². The van der Waals surface area contributed by atoms with E-state index in [2.05, 4.69) is 4.72 Å². The van der Waals surface area contributed by atoms with Gasteiger partial charge in [0, 0.05) is 18.9 Å². The molecule has 0 unspecified atom stereocenters. The Bertz CT molecular complexity index is 723. The molecule has 1 heterocycles. The van der Waals surface area contributed by atoms with Crippen molar-refractivity contribution in [2.45, 2.75) is 61.8 Å². The number of sulfonamides is 1. The predicted molar refractivity (Wildman–Crippen MR) is 105 cm³/mol. The zero-order valence-electron chi connectivity index (χ0n) is 16.6. The van der Waals surface area contributed by atoms with E-state index in [9.17, 15) is 8.42 Å². The van der Waals surface area contributed by atoms with Crippen molar-refractivity contribution in [3.05, 3.63) is 18.2 Å². The third-order valence-electron chi connectivity index (χ3n) is 6.28. The lowest BCUT2D eigenvalue weighted by atomic mass is 9.79. The second-order valence-corrected chi connectivity index (χ2v) is 9.58. The van der Waals surface area contributed by atoms with Crippen molar-refractivity contribution in [3.8, 4) is 11.5 Å². The van der Waals surface area contributed by atoms with Gasteiger partial charge in [0.15, 0.2) is 0 Å². The van der Waals surface area contributed by atoms with Crippen LogP contribution in [0.3, 0.4) is 0 Å². The van der Waals surface area contributed by atoms with Crippen molar-refractivity contribution < 1.29 is 22.8 Å². The number of likely N-dealkylation sites (tertiary alicyclic amines) is 1. The molecular weight excluding hydrogens is 364 g/mol. The van der Waals surface area contributed by atoms with Crippen LogP contribution in [0.1, 0.15) is 51.4 Å². The number of quaternary nitrogens is 1. The fraction of sp³-hybridized carbons (Fsp3) is 0.700. The van der Waals surface area contributed by atoms with Crippen molar-refractivity contribution in [2.24, 2.45) is 0 Å². The number of piperidine rings is 1. The van der Waals surface area contributed by atoms with Crippen molar-refractivity contribution in [1.82, 2.24) is 4.72 Å². The van der Waals surface area contributed by atoms with Gasteiger partial charge in [-0.25, -0.2) is 13.1 Å². The van der Waals surface area contributed by atoms with E-state index in [4.69, 9.17) is 9.47 Å². The largest absolute Gasteiger partial charge is 0.497 e. The van der Waals surface area contributed by atoms with Crippen molar-refractivity contribution in [1.29, 1.82) is 0 Å². The molecule has 1 aromatic rings. The Morgan fingerprint density at radius 3 is 2.30 bits per heavy atom.